The van der Waals surface area contributed by atoms with Crippen molar-refractivity contribution in [3.63, 3.8) is 0 Å². The molecule has 1 unspecified atom stereocenters. The van der Waals surface area contributed by atoms with Gasteiger partial charge in [0.25, 0.3) is 0 Å². The average Bonchev–Trinajstić information content (AvgIpc) is 2.86. The van der Waals surface area contributed by atoms with E-state index in [0.29, 0.717) is 19.4 Å². The molecular weight excluding hydrogens is 254 g/mol. The Kier molecular flexibility index (Phi) is 4.12. The fourth-order valence-corrected chi connectivity index (χ4v) is 3.05. The maximum Gasteiger partial charge on any atom is 0.329 e. The van der Waals surface area contributed by atoms with Crippen molar-refractivity contribution in [3.8, 4) is 0 Å². The molecule has 1 aromatic carbocycles. The summed E-state index contributed by atoms with van der Waals surface area (Å²) in [4.78, 5) is 25.7. The normalized spacial score (nSPS) is 22.0. The van der Waals surface area contributed by atoms with E-state index in [2.05, 4.69) is 0 Å². The number of rotatable bonds is 4. The highest BCUT2D eigenvalue weighted by Crippen LogP contribution is 2.33. The van der Waals surface area contributed by atoms with Crippen LogP contribution in [-0.4, -0.2) is 34.0 Å². The summed E-state index contributed by atoms with van der Waals surface area (Å²) in [6.45, 7) is 4.36. The Bertz CT molecular complexity index is 526. The molecule has 0 radical (unpaired) electrons. The third-order valence-corrected chi connectivity index (χ3v) is 4.38. The minimum absolute atomic E-state index is 0.0824. The summed E-state index contributed by atoms with van der Waals surface area (Å²) in [5.41, 5.74) is 1.04. The largest absolute Gasteiger partial charge is 0.479 e. The van der Waals surface area contributed by atoms with Crippen molar-refractivity contribution < 1.29 is 14.7 Å². The molecule has 0 bridgehead atoms. The van der Waals surface area contributed by atoms with Crippen LogP contribution in [0.15, 0.2) is 24.3 Å². The molecule has 1 atom stereocenters. The molecule has 1 heterocycles. The van der Waals surface area contributed by atoms with Gasteiger partial charge in [-0.05, 0) is 37.3 Å². The fourth-order valence-electron chi connectivity index (χ4n) is 3.05. The van der Waals surface area contributed by atoms with Crippen LogP contribution in [0.1, 0.15) is 37.3 Å². The Morgan fingerprint density at radius 3 is 2.65 bits per heavy atom. The van der Waals surface area contributed by atoms with Gasteiger partial charge in [0.05, 0.1) is 6.42 Å². The van der Waals surface area contributed by atoms with Gasteiger partial charge in [-0.3, -0.25) is 4.79 Å². The van der Waals surface area contributed by atoms with Gasteiger partial charge in [0.2, 0.25) is 5.91 Å². The second-order valence-electron chi connectivity index (χ2n) is 5.44. The van der Waals surface area contributed by atoms with E-state index in [4.69, 9.17) is 0 Å². The molecule has 1 N–H and O–H groups in total. The maximum absolute atomic E-state index is 12.5. The number of likely N-dealkylation sites (tertiary alicyclic amines) is 1. The van der Waals surface area contributed by atoms with Gasteiger partial charge in [-0.15, -0.1) is 0 Å². The molecule has 20 heavy (non-hydrogen) atoms. The Morgan fingerprint density at radius 2 is 2.05 bits per heavy atom. The number of benzene rings is 1. The minimum atomic E-state index is -1.00. The van der Waals surface area contributed by atoms with E-state index in [1.54, 1.807) is 4.90 Å². The van der Waals surface area contributed by atoms with Crippen LogP contribution in [-0.2, 0) is 16.0 Å². The molecular formula is C16H21NO3. The first-order valence-corrected chi connectivity index (χ1v) is 7.09. The first-order chi connectivity index (χ1) is 9.51. The van der Waals surface area contributed by atoms with Crippen LogP contribution in [0.2, 0.25) is 0 Å². The van der Waals surface area contributed by atoms with Gasteiger partial charge in [0.1, 0.15) is 5.54 Å². The van der Waals surface area contributed by atoms with Gasteiger partial charge < -0.3 is 10.0 Å². The van der Waals surface area contributed by atoms with Crippen LogP contribution in [0, 0.1) is 6.92 Å². The third-order valence-electron chi connectivity index (χ3n) is 4.38. The lowest BCUT2D eigenvalue weighted by Gasteiger charge is -2.34. The van der Waals surface area contributed by atoms with Gasteiger partial charge in [0, 0.05) is 6.54 Å². The lowest BCUT2D eigenvalue weighted by atomic mass is 9.92. The van der Waals surface area contributed by atoms with Gasteiger partial charge in [0.15, 0.2) is 0 Å². The van der Waals surface area contributed by atoms with Crippen molar-refractivity contribution in [1.29, 1.82) is 0 Å². The molecule has 1 aliphatic rings. The van der Waals surface area contributed by atoms with Crippen molar-refractivity contribution in [2.45, 2.75) is 45.1 Å². The van der Waals surface area contributed by atoms with Crippen molar-refractivity contribution in [1.82, 2.24) is 4.90 Å². The number of carboxylic acid groups (broad SMARTS) is 1. The zero-order valence-electron chi connectivity index (χ0n) is 12.1. The second kappa shape index (κ2) is 5.65. The molecule has 0 aromatic heterocycles. The van der Waals surface area contributed by atoms with Crippen LogP contribution >= 0.6 is 0 Å². The smallest absolute Gasteiger partial charge is 0.329 e. The molecule has 1 fully saturated rings. The van der Waals surface area contributed by atoms with Gasteiger partial charge in [-0.1, -0.05) is 31.2 Å². The van der Waals surface area contributed by atoms with E-state index in [-0.39, 0.29) is 12.3 Å². The van der Waals surface area contributed by atoms with Crippen molar-refractivity contribution in [2.75, 3.05) is 6.54 Å². The number of hydrogen-bond acceptors (Lipinski definition) is 2. The number of carboxylic acids is 1. The van der Waals surface area contributed by atoms with Crippen LogP contribution in [0.5, 0.6) is 0 Å². The molecule has 0 aliphatic carbocycles. The topological polar surface area (TPSA) is 57.6 Å². The minimum Gasteiger partial charge on any atom is -0.479 e. The summed E-state index contributed by atoms with van der Waals surface area (Å²) in [6.07, 6.45) is 2.06. The van der Waals surface area contributed by atoms with Crippen molar-refractivity contribution in [2.24, 2.45) is 0 Å². The third kappa shape index (κ3) is 2.42. The molecule has 2 rings (SSSR count). The first kappa shape index (κ1) is 14.6. The Hall–Kier alpha value is -1.84. The molecule has 4 nitrogen and oxygen atoms in total. The fraction of sp³-hybridized carbons (Fsp3) is 0.500. The highest BCUT2D eigenvalue weighted by molar-refractivity contribution is 5.88. The van der Waals surface area contributed by atoms with Crippen molar-refractivity contribution in [3.05, 3.63) is 35.4 Å². The molecule has 1 aromatic rings. The molecule has 1 aliphatic heterocycles. The number of aryl methyl sites for hydroxylation is 1. The number of hydrogen-bond donors (Lipinski definition) is 1. The molecule has 0 spiro atoms. The monoisotopic (exact) mass is 275 g/mol. The zero-order chi connectivity index (χ0) is 14.8. The zero-order valence-corrected chi connectivity index (χ0v) is 12.1. The molecule has 0 saturated carbocycles. The Morgan fingerprint density at radius 1 is 1.35 bits per heavy atom. The number of carbonyl (C=O) groups excluding carboxylic acids is 1. The van der Waals surface area contributed by atoms with Gasteiger partial charge in [-0.2, -0.15) is 0 Å². The van der Waals surface area contributed by atoms with E-state index in [1.807, 2.05) is 38.1 Å². The number of nitrogens with zero attached hydrogens (tertiary/aromatic N) is 1. The quantitative estimate of drug-likeness (QED) is 0.918. The van der Waals surface area contributed by atoms with Crippen LogP contribution in [0.4, 0.5) is 0 Å². The molecule has 108 valence electrons. The van der Waals surface area contributed by atoms with E-state index in [9.17, 15) is 14.7 Å². The second-order valence-corrected chi connectivity index (χ2v) is 5.44. The number of carbonyl (C=O) groups is 2. The molecule has 1 amide bonds. The summed E-state index contributed by atoms with van der Waals surface area (Å²) in [6, 6.07) is 7.74. The highest BCUT2D eigenvalue weighted by Gasteiger charge is 2.48. The van der Waals surface area contributed by atoms with Gasteiger partial charge >= 0.3 is 5.97 Å². The Balaban J connectivity index is 2.21. The average molecular weight is 275 g/mol. The lowest BCUT2D eigenvalue weighted by molar-refractivity contribution is -0.156. The summed E-state index contributed by atoms with van der Waals surface area (Å²) in [5, 5.41) is 9.51. The summed E-state index contributed by atoms with van der Waals surface area (Å²) in [5.74, 6) is -0.961. The van der Waals surface area contributed by atoms with E-state index >= 15 is 0 Å². The van der Waals surface area contributed by atoms with Gasteiger partial charge in [-0.25, -0.2) is 4.79 Å². The van der Waals surface area contributed by atoms with Crippen LogP contribution in [0.25, 0.3) is 0 Å². The highest BCUT2D eigenvalue weighted by atomic mass is 16.4. The molecule has 1 saturated heterocycles. The van der Waals surface area contributed by atoms with E-state index < -0.39 is 11.5 Å². The summed E-state index contributed by atoms with van der Waals surface area (Å²) >= 11 is 0. The van der Waals surface area contributed by atoms with E-state index in [1.165, 1.54) is 0 Å². The number of aliphatic carboxylic acids is 1. The predicted molar refractivity (Wildman–Crippen MR) is 76.5 cm³/mol. The maximum atomic E-state index is 12.5. The van der Waals surface area contributed by atoms with E-state index in [0.717, 1.165) is 17.5 Å². The van der Waals surface area contributed by atoms with Crippen LogP contribution < -0.4 is 0 Å². The van der Waals surface area contributed by atoms with Crippen LogP contribution in [0.3, 0.4) is 0 Å². The summed E-state index contributed by atoms with van der Waals surface area (Å²) in [7, 11) is 0. The standard InChI is InChI=1S/C16H21NO3/c1-3-16(15(19)20)9-6-10-17(16)14(18)11-13-8-5-4-7-12(13)2/h4-5,7-8H,3,6,9-11H2,1-2H3,(H,19,20). The predicted octanol–water partition coefficient (Wildman–Crippen LogP) is 2.39. The van der Waals surface area contributed by atoms with Crippen molar-refractivity contribution >= 4 is 11.9 Å². The lowest BCUT2D eigenvalue weighted by Crippen LogP contribution is -2.53. The Labute approximate surface area is 119 Å². The number of amides is 1. The molecule has 4 heteroatoms. The SMILES string of the molecule is CCC1(C(=O)O)CCCN1C(=O)Cc1ccccc1C. The first-order valence-electron chi connectivity index (χ1n) is 7.09. The summed E-state index contributed by atoms with van der Waals surface area (Å²) < 4.78 is 0.